The molecule has 1 aliphatic heterocycles. The maximum absolute atomic E-state index is 9.87. The van der Waals surface area contributed by atoms with E-state index in [4.69, 9.17) is 4.74 Å². The molecule has 0 spiro atoms. The maximum Gasteiger partial charge on any atom is 0.229 e. The van der Waals surface area contributed by atoms with Gasteiger partial charge in [0.1, 0.15) is 11.6 Å². The highest BCUT2D eigenvalue weighted by Crippen LogP contribution is 2.21. The highest BCUT2D eigenvalue weighted by molar-refractivity contribution is 5.57. The second-order valence-corrected chi connectivity index (χ2v) is 5.54. The van der Waals surface area contributed by atoms with Crippen LogP contribution in [0.5, 0.6) is 5.75 Å². The van der Waals surface area contributed by atoms with Crippen LogP contribution in [0.2, 0.25) is 0 Å². The van der Waals surface area contributed by atoms with Gasteiger partial charge in [-0.2, -0.15) is 4.98 Å². The first-order valence-corrected chi connectivity index (χ1v) is 7.52. The van der Waals surface area contributed by atoms with Crippen molar-refractivity contribution in [3.63, 3.8) is 0 Å². The van der Waals surface area contributed by atoms with Crippen molar-refractivity contribution in [2.75, 3.05) is 36.5 Å². The fourth-order valence-electron chi connectivity index (χ4n) is 2.48. The Balaban J connectivity index is 1.83. The summed E-state index contributed by atoms with van der Waals surface area (Å²) in [5, 5.41) is 22.5. The summed E-state index contributed by atoms with van der Waals surface area (Å²) in [5.74, 6) is 1.37. The standard InChI is InChI=1S/C16H20N4O3/c1-11-7-15(20-5-6-23-10-14(22)9-20)19-16(17-11)18-12-3-2-4-13(21)8-12/h2-4,7-8,14,21-22H,5-6,9-10H2,1H3,(H,17,18,19)/t14-/m0/s1. The van der Waals surface area contributed by atoms with Crippen molar-refractivity contribution in [3.05, 3.63) is 36.0 Å². The first-order valence-electron chi connectivity index (χ1n) is 7.52. The summed E-state index contributed by atoms with van der Waals surface area (Å²) in [5.41, 5.74) is 1.53. The molecule has 0 amide bonds. The quantitative estimate of drug-likeness (QED) is 0.789. The molecule has 1 saturated heterocycles. The lowest BCUT2D eigenvalue weighted by atomic mass is 10.3. The average Bonchev–Trinajstić information content (AvgIpc) is 2.71. The molecule has 7 nitrogen and oxygen atoms in total. The number of aliphatic hydroxyl groups excluding tert-OH is 1. The van der Waals surface area contributed by atoms with Crippen molar-refractivity contribution in [3.8, 4) is 5.75 Å². The molecule has 2 heterocycles. The molecule has 3 rings (SSSR count). The van der Waals surface area contributed by atoms with Gasteiger partial charge in [-0.05, 0) is 19.1 Å². The van der Waals surface area contributed by atoms with Crippen molar-refractivity contribution in [1.29, 1.82) is 0 Å². The van der Waals surface area contributed by atoms with Crippen LogP contribution in [0.4, 0.5) is 17.5 Å². The fourth-order valence-corrected chi connectivity index (χ4v) is 2.48. The van der Waals surface area contributed by atoms with Crippen molar-refractivity contribution in [2.24, 2.45) is 0 Å². The van der Waals surface area contributed by atoms with E-state index in [0.29, 0.717) is 37.9 Å². The van der Waals surface area contributed by atoms with Crippen molar-refractivity contribution in [2.45, 2.75) is 13.0 Å². The zero-order valence-electron chi connectivity index (χ0n) is 12.9. The Morgan fingerprint density at radius 2 is 2.17 bits per heavy atom. The monoisotopic (exact) mass is 316 g/mol. The molecule has 1 fully saturated rings. The number of nitrogens with one attached hydrogen (secondary N) is 1. The Kier molecular flexibility index (Phi) is 4.59. The number of nitrogens with zero attached hydrogens (tertiary/aromatic N) is 3. The van der Waals surface area contributed by atoms with Crippen LogP contribution in [0.3, 0.4) is 0 Å². The number of aromatic hydroxyl groups is 1. The van der Waals surface area contributed by atoms with Gasteiger partial charge in [-0.25, -0.2) is 4.98 Å². The Labute approximate surface area is 134 Å². The first kappa shape index (κ1) is 15.5. The van der Waals surface area contributed by atoms with E-state index in [2.05, 4.69) is 15.3 Å². The van der Waals surface area contributed by atoms with Gasteiger partial charge in [-0.15, -0.1) is 0 Å². The number of aromatic nitrogens is 2. The molecule has 0 aliphatic carbocycles. The van der Waals surface area contributed by atoms with E-state index < -0.39 is 6.10 Å². The van der Waals surface area contributed by atoms with Crippen LogP contribution in [0.15, 0.2) is 30.3 Å². The Bertz CT molecular complexity index is 680. The van der Waals surface area contributed by atoms with Crippen molar-refractivity contribution >= 4 is 17.5 Å². The van der Waals surface area contributed by atoms with Crippen LogP contribution in [0, 0.1) is 6.92 Å². The summed E-state index contributed by atoms with van der Waals surface area (Å²) >= 11 is 0. The Morgan fingerprint density at radius 3 is 3.00 bits per heavy atom. The lowest BCUT2D eigenvalue weighted by Crippen LogP contribution is -2.33. The number of rotatable bonds is 3. The molecule has 0 bridgehead atoms. The number of aryl methyl sites for hydroxylation is 1. The van der Waals surface area contributed by atoms with E-state index in [-0.39, 0.29) is 5.75 Å². The molecular weight excluding hydrogens is 296 g/mol. The van der Waals surface area contributed by atoms with Crippen LogP contribution in [-0.4, -0.2) is 52.6 Å². The van der Waals surface area contributed by atoms with Crippen molar-refractivity contribution in [1.82, 2.24) is 9.97 Å². The summed E-state index contributed by atoms with van der Waals surface area (Å²) < 4.78 is 5.35. The molecule has 7 heteroatoms. The lowest BCUT2D eigenvalue weighted by Gasteiger charge is -2.23. The van der Waals surface area contributed by atoms with Gasteiger partial charge in [0.2, 0.25) is 5.95 Å². The number of aliphatic hydroxyl groups is 1. The smallest absolute Gasteiger partial charge is 0.229 e. The molecule has 3 N–H and O–H groups in total. The largest absolute Gasteiger partial charge is 0.508 e. The molecule has 23 heavy (non-hydrogen) atoms. The minimum absolute atomic E-state index is 0.177. The van der Waals surface area contributed by atoms with Gasteiger partial charge in [0.15, 0.2) is 0 Å². The van der Waals surface area contributed by atoms with Crippen LogP contribution < -0.4 is 10.2 Å². The minimum atomic E-state index is -0.532. The molecule has 1 atom stereocenters. The van der Waals surface area contributed by atoms with Crippen LogP contribution in [-0.2, 0) is 4.74 Å². The lowest BCUT2D eigenvalue weighted by molar-refractivity contribution is 0.0597. The molecule has 122 valence electrons. The molecule has 2 aromatic rings. The third-order valence-corrected chi connectivity index (χ3v) is 3.51. The van der Waals surface area contributed by atoms with Gasteiger partial charge in [-0.3, -0.25) is 0 Å². The number of hydrogen-bond donors (Lipinski definition) is 3. The summed E-state index contributed by atoms with van der Waals surface area (Å²) in [6, 6.07) is 8.67. The van der Waals surface area contributed by atoms with Crippen molar-refractivity contribution < 1.29 is 14.9 Å². The van der Waals surface area contributed by atoms with E-state index in [1.165, 1.54) is 0 Å². The number of anilines is 3. The fraction of sp³-hybridized carbons (Fsp3) is 0.375. The van der Waals surface area contributed by atoms with E-state index >= 15 is 0 Å². The summed E-state index contributed by atoms with van der Waals surface area (Å²) in [6.07, 6.45) is -0.532. The number of β-amino-alcohol motifs (C(OH)–C–C–N with tert-alkyl or cyclic N) is 1. The Hall–Kier alpha value is -2.38. The SMILES string of the molecule is Cc1cc(N2CCOC[C@@H](O)C2)nc(Nc2cccc(O)c2)n1. The molecular formula is C16H20N4O3. The number of phenols is 1. The number of hydrogen-bond acceptors (Lipinski definition) is 7. The zero-order valence-corrected chi connectivity index (χ0v) is 12.9. The van der Waals surface area contributed by atoms with Gasteiger partial charge in [0.25, 0.3) is 0 Å². The predicted octanol–water partition coefficient (Wildman–Crippen LogP) is 1.43. The van der Waals surface area contributed by atoms with E-state index in [9.17, 15) is 10.2 Å². The van der Waals surface area contributed by atoms with Gasteiger partial charge in [-0.1, -0.05) is 6.07 Å². The van der Waals surface area contributed by atoms with Crippen LogP contribution in [0.1, 0.15) is 5.69 Å². The normalized spacial score (nSPS) is 18.5. The van der Waals surface area contributed by atoms with E-state index in [1.54, 1.807) is 18.2 Å². The highest BCUT2D eigenvalue weighted by atomic mass is 16.5. The topological polar surface area (TPSA) is 90.7 Å². The molecule has 1 aliphatic rings. The number of ether oxygens (including phenoxy) is 1. The van der Waals surface area contributed by atoms with E-state index in [0.717, 1.165) is 11.5 Å². The third-order valence-electron chi connectivity index (χ3n) is 3.51. The van der Waals surface area contributed by atoms with Gasteiger partial charge in [0.05, 0.1) is 19.3 Å². The average molecular weight is 316 g/mol. The first-order chi connectivity index (χ1) is 11.1. The summed E-state index contributed by atoms with van der Waals surface area (Å²) in [4.78, 5) is 10.9. The molecule has 0 saturated carbocycles. The van der Waals surface area contributed by atoms with Gasteiger partial charge in [0, 0.05) is 36.6 Å². The summed E-state index contributed by atoms with van der Waals surface area (Å²) in [6.45, 7) is 3.93. The van der Waals surface area contributed by atoms with Gasteiger partial charge >= 0.3 is 0 Å². The molecule has 1 aromatic heterocycles. The highest BCUT2D eigenvalue weighted by Gasteiger charge is 2.18. The molecule has 0 radical (unpaired) electrons. The second-order valence-electron chi connectivity index (χ2n) is 5.54. The maximum atomic E-state index is 9.87. The Morgan fingerprint density at radius 1 is 1.30 bits per heavy atom. The molecule has 0 unspecified atom stereocenters. The van der Waals surface area contributed by atoms with Crippen LogP contribution in [0.25, 0.3) is 0 Å². The van der Waals surface area contributed by atoms with Gasteiger partial charge < -0.3 is 25.2 Å². The third kappa shape index (κ3) is 4.08. The van der Waals surface area contributed by atoms with E-state index in [1.807, 2.05) is 24.0 Å². The second kappa shape index (κ2) is 6.80. The number of phenolic OH excluding ortho intramolecular Hbond substituents is 1. The minimum Gasteiger partial charge on any atom is -0.508 e. The molecule has 1 aromatic carbocycles. The van der Waals surface area contributed by atoms with Crippen LogP contribution >= 0.6 is 0 Å². The number of benzene rings is 1. The summed E-state index contributed by atoms with van der Waals surface area (Å²) in [7, 11) is 0. The zero-order chi connectivity index (χ0) is 16.2. The predicted molar refractivity (Wildman–Crippen MR) is 87.2 cm³/mol.